The van der Waals surface area contributed by atoms with Crippen molar-refractivity contribution in [1.82, 2.24) is 10.2 Å². The first kappa shape index (κ1) is 17.4. The zero-order valence-electron chi connectivity index (χ0n) is 14.0. The molecule has 2 heterocycles. The third-order valence-electron chi connectivity index (χ3n) is 3.92. The van der Waals surface area contributed by atoms with Crippen LogP contribution in [0.3, 0.4) is 0 Å². The second-order valence-electron chi connectivity index (χ2n) is 5.80. The molecule has 130 valence electrons. The molecule has 1 aromatic carbocycles. The van der Waals surface area contributed by atoms with E-state index >= 15 is 0 Å². The molecule has 2 aromatic rings. The number of carbonyl (C=O) groups excluding carboxylic acids is 2. The smallest absolute Gasteiger partial charge is 0.270 e. The van der Waals surface area contributed by atoms with E-state index in [-0.39, 0.29) is 17.5 Å². The first-order valence-corrected chi connectivity index (χ1v) is 9.02. The van der Waals surface area contributed by atoms with E-state index < -0.39 is 0 Å². The Morgan fingerprint density at radius 3 is 2.52 bits per heavy atom. The number of benzene rings is 1. The fourth-order valence-electron chi connectivity index (χ4n) is 2.50. The molecule has 1 aliphatic heterocycles. The SMILES string of the molecule is Cc1ccc(C(=O)N/C(=C/c2cccs2)C(=O)N2CCOCC2)cc1. The summed E-state index contributed by atoms with van der Waals surface area (Å²) in [6.45, 7) is 4.06. The normalized spacial score (nSPS) is 15.1. The summed E-state index contributed by atoms with van der Waals surface area (Å²) in [6.07, 6.45) is 1.73. The molecule has 0 bridgehead atoms. The molecule has 0 saturated carbocycles. The zero-order chi connectivity index (χ0) is 17.6. The average Bonchev–Trinajstić information content (AvgIpc) is 3.15. The fourth-order valence-corrected chi connectivity index (χ4v) is 3.16. The van der Waals surface area contributed by atoms with Crippen LogP contribution in [0.2, 0.25) is 0 Å². The predicted octanol–water partition coefficient (Wildman–Crippen LogP) is 2.69. The van der Waals surface area contributed by atoms with Gasteiger partial charge in [0.1, 0.15) is 5.70 Å². The molecule has 6 heteroatoms. The van der Waals surface area contributed by atoms with Crippen molar-refractivity contribution < 1.29 is 14.3 Å². The summed E-state index contributed by atoms with van der Waals surface area (Å²) in [4.78, 5) is 28.0. The second-order valence-corrected chi connectivity index (χ2v) is 6.78. The van der Waals surface area contributed by atoms with Crippen LogP contribution in [0.4, 0.5) is 0 Å². The van der Waals surface area contributed by atoms with Gasteiger partial charge in [-0.2, -0.15) is 0 Å². The Morgan fingerprint density at radius 1 is 1.16 bits per heavy atom. The van der Waals surface area contributed by atoms with Gasteiger partial charge in [0.25, 0.3) is 11.8 Å². The lowest BCUT2D eigenvalue weighted by Crippen LogP contribution is -2.44. The van der Waals surface area contributed by atoms with Crippen LogP contribution in [-0.4, -0.2) is 43.0 Å². The predicted molar refractivity (Wildman–Crippen MR) is 98.3 cm³/mol. The van der Waals surface area contributed by atoms with Gasteiger partial charge in [-0.3, -0.25) is 9.59 Å². The van der Waals surface area contributed by atoms with Crippen LogP contribution in [0.25, 0.3) is 6.08 Å². The van der Waals surface area contributed by atoms with Crippen molar-refractivity contribution in [2.24, 2.45) is 0 Å². The van der Waals surface area contributed by atoms with Crippen molar-refractivity contribution in [2.75, 3.05) is 26.3 Å². The van der Waals surface area contributed by atoms with Crippen molar-refractivity contribution in [3.05, 3.63) is 63.5 Å². The van der Waals surface area contributed by atoms with Crippen LogP contribution in [0.1, 0.15) is 20.8 Å². The molecule has 0 spiro atoms. The third-order valence-corrected chi connectivity index (χ3v) is 4.74. The zero-order valence-corrected chi connectivity index (χ0v) is 14.8. The largest absolute Gasteiger partial charge is 0.378 e. The number of thiophene rings is 1. The molecule has 2 amide bonds. The molecule has 1 N–H and O–H groups in total. The lowest BCUT2D eigenvalue weighted by molar-refractivity contribution is -0.131. The first-order valence-electron chi connectivity index (χ1n) is 8.14. The molecule has 1 aromatic heterocycles. The first-order chi connectivity index (χ1) is 12.1. The summed E-state index contributed by atoms with van der Waals surface area (Å²) in [5.74, 6) is -0.471. The Morgan fingerprint density at radius 2 is 1.88 bits per heavy atom. The van der Waals surface area contributed by atoms with Crippen molar-refractivity contribution in [2.45, 2.75) is 6.92 Å². The molecule has 0 atom stereocenters. The number of amides is 2. The van der Waals surface area contributed by atoms with Gasteiger partial charge in [-0.05, 0) is 36.6 Å². The molecule has 1 fully saturated rings. The van der Waals surface area contributed by atoms with E-state index in [0.717, 1.165) is 10.4 Å². The Kier molecular flexibility index (Phi) is 5.63. The van der Waals surface area contributed by atoms with Gasteiger partial charge in [0.2, 0.25) is 0 Å². The topological polar surface area (TPSA) is 58.6 Å². The summed E-state index contributed by atoms with van der Waals surface area (Å²) in [6, 6.07) is 11.1. The van der Waals surface area contributed by atoms with Crippen molar-refractivity contribution in [1.29, 1.82) is 0 Å². The monoisotopic (exact) mass is 356 g/mol. The highest BCUT2D eigenvalue weighted by Gasteiger charge is 2.22. The molecule has 1 saturated heterocycles. The van der Waals surface area contributed by atoms with E-state index in [2.05, 4.69) is 5.32 Å². The van der Waals surface area contributed by atoms with Crippen LogP contribution < -0.4 is 5.32 Å². The molecular weight excluding hydrogens is 336 g/mol. The highest BCUT2D eigenvalue weighted by Crippen LogP contribution is 2.15. The van der Waals surface area contributed by atoms with Crippen LogP contribution in [0.5, 0.6) is 0 Å². The maximum Gasteiger partial charge on any atom is 0.270 e. The summed E-state index contributed by atoms with van der Waals surface area (Å²) < 4.78 is 5.30. The third kappa shape index (κ3) is 4.55. The molecule has 0 unspecified atom stereocenters. The summed E-state index contributed by atoms with van der Waals surface area (Å²) in [5.41, 5.74) is 1.89. The number of carbonyl (C=O) groups is 2. The second kappa shape index (κ2) is 8.09. The maximum atomic E-state index is 12.8. The molecule has 25 heavy (non-hydrogen) atoms. The van der Waals surface area contributed by atoms with Crippen LogP contribution in [0, 0.1) is 6.92 Å². The highest BCUT2D eigenvalue weighted by atomic mass is 32.1. The molecule has 3 rings (SSSR count). The van der Waals surface area contributed by atoms with Gasteiger partial charge in [0, 0.05) is 23.5 Å². The Labute approximate surface area is 150 Å². The van der Waals surface area contributed by atoms with Gasteiger partial charge in [-0.15, -0.1) is 11.3 Å². The molecule has 1 aliphatic rings. The van der Waals surface area contributed by atoms with Gasteiger partial charge in [0.05, 0.1) is 13.2 Å². The summed E-state index contributed by atoms with van der Waals surface area (Å²) in [5, 5.41) is 4.72. The Bertz CT molecular complexity index is 760. The Hall–Kier alpha value is -2.44. The number of nitrogens with one attached hydrogen (secondary N) is 1. The van der Waals surface area contributed by atoms with Crippen LogP contribution >= 0.6 is 11.3 Å². The minimum atomic E-state index is -0.288. The number of morpholine rings is 1. The number of hydrogen-bond donors (Lipinski definition) is 1. The number of nitrogens with zero attached hydrogens (tertiary/aromatic N) is 1. The van der Waals surface area contributed by atoms with E-state index in [9.17, 15) is 9.59 Å². The fraction of sp³-hybridized carbons (Fsp3) is 0.263. The van der Waals surface area contributed by atoms with Crippen LogP contribution in [-0.2, 0) is 9.53 Å². The van der Waals surface area contributed by atoms with Crippen molar-refractivity contribution in [3.63, 3.8) is 0 Å². The minimum absolute atomic E-state index is 0.183. The van der Waals surface area contributed by atoms with Crippen LogP contribution in [0.15, 0.2) is 47.5 Å². The molecule has 0 aliphatic carbocycles. The number of rotatable bonds is 4. The Balaban J connectivity index is 1.82. The van der Waals surface area contributed by atoms with E-state index in [4.69, 9.17) is 4.74 Å². The number of ether oxygens (including phenoxy) is 1. The molecule has 5 nitrogen and oxygen atoms in total. The van der Waals surface area contributed by atoms with E-state index in [0.29, 0.717) is 31.9 Å². The van der Waals surface area contributed by atoms with Gasteiger partial charge < -0.3 is 15.0 Å². The minimum Gasteiger partial charge on any atom is -0.378 e. The maximum absolute atomic E-state index is 12.8. The van der Waals surface area contributed by atoms with Gasteiger partial charge in [-0.1, -0.05) is 23.8 Å². The van der Waals surface area contributed by atoms with E-state index in [1.807, 2.05) is 36.6 Å². The summed E-state index contributed by atoms with van der Waals surface area (Å²) >= 11 is 1.52. The molecular formula is C19H20N2O3S. The van der Waals surface area contributed by atoms with Crippen molar-refractivity contribution >= 4 is 29.2 Å². The lowest BCUT2D eigenvalue weighted by atomic mass is 10.1. The lowest BCUT2D eigenvalue weighted by Gasteiger charge is -2.27. The highest BCUT2D eigenvalue weighted by molar-refractivity contribution is 7.10. The number of aryl methyl sites for hydroxylation is 1. The average molecular weight is 356 g/mol. The quantitative estimate of drug-likeness (QED) is 0.857. The standard InChI is InChI=1S/C19H20N2O3S/c1-14-4-6-15(7-5-14)18(22)20-17(13-16-3-2-12-25-16)19(23)21-8-10-24-11-9-21/h2-7,12-13H,8-11H2,1H3,(H,20,22)/b17-13+. The number of hydrogen-bond acceptors (Lipinski definition) is 4. The van der Waals surface area contributed by atoms with Crippen molar-refractivity contribution in [3.8, 4) is 0 Å². The van der Waals surface area contributed by atoms with E-state index in [1.54, 1.807) is 23.1 Å². The summed E-state index contributed by atoms with van der Waals surface area (Å²) in [7, 11) is 0. The molecule has 0 radical (unpaired) electrons. The van der Waals surface area contributed by atoms with Gasteiger partial charge in [-0.25, -0.2) is 0 Å². The van der Waals surface area contributed by atoms with E-state index in [1.165, 1.54) is 11.3 Å². The van der Waals surface area contributed by atoms with Gasteiger partial charge >= 0.3 is 0 Å². The van der Waals surface area contributed by atoms with Gasteiger partial charge in [0.15, 0.2) is 0 Å².